The summed E-state index contributed by atoms with van der Waals surface area (Å²) in [5, 5.41) is 9.30. The lowest BCUT2D eigenvalue weighted by Crippen LogP contribution is -2.27. The van der Waals surface area contributed by atoms with E-state index in [0.29, 0.717) is 0 Å². The maximum absolute atomic E-state index is 9.30. The van der Waals surface area contributed by atoms with Gasteiger partial charge in [-0.1, -0.05) is 6.58 Å². The molecule has 0 spiro atoms. The van der Waals surface area contributed by atoms with Crippen molar-refractivity contribution in [1.82, 2.24) is 0 Å². The Morgan fingerprint density at radius 2 is 2.30 bits per heavy atom. The fourth-order valence-corrected chi connectivity index (χ4v) is 1.35. The minimum Gasteiger partial charge on any atom is -0.389 e. The number of hydrogen-bond donors (Lipinski definition) is 1. The maximum atomic E-state index is 9.30. The molecule has 2 atom stereocenters. The molecule has 1 fully saturated rings. The molecule has 1 aliphatic rings. The number of methoxy groups -OCH3 is 1. The van der Waals surface area contributed by atoms with Crippen LogP contribution in [-0.2, 0) is 4.74 Å². The average Bonchev–Trinajstić information content (AvgIpc) is 1.95. The van der Waals surface area contributed by atoms with Crippen molar-refractivity contribution >= 4 is 0 Å². The zero-order valence-electron chi connectivity index (χ0n) is 6.34. The Hall–Kier alpha value is -0.340. The van der Waals surface area contributed by atoms with Crippen LogP contribution in [0.3, 0.4) is 0 Å². The number of aliphatic hydroxyl groups is 1. The summed E-state index contributed by atoms with van der Waals surface area (Å²) < 4.78 is 5.11. The highest BCUT2D eigenvalue weighted by molar-refractivity contribution is 5.11. The first-order valence-electron chi connectivity index (χ1n) is 3.65. The molecule has 1 N–H and O–H groups in total. The fraction of sp³-hybridized carbons (Fsp3) is 0.750. The Morgan fingerprint density at radius 3 is 2.80 bits per heavy atom. The molecule has 0 aromatic heterocycles. The van der Waals surface area contributed by atoms with Gasteiger partial charge in [0.15, 0.2) is 0 Å². The van der Waals surface area contributed by atoms with Gasteiger partial charge in [0.1, 0.15) is 0 Å². The quantitative estimate of drug-likeness (QED) is 0.555. The summed E-state index contributed by atoms with van der Waals surface area (Å²) in [6.07, 6.45) is 2.64. The van der Waals surface area contributed by atoms with E-state index in [-0.39, 0.29) is 12.2 Å². The maximum Gasteiger partial charge on any atom is 0.0803 e. The van der Waals surface area contributed by atoms with E-state index in [1.165, 1.54) is 0 Å². The monoisotopic (exact) mass is 142 g/mol. The van der Waals surface area contributed by atoms with Crippen molar-refractivity contribution < 1.29 is 9.84 Å². The molecule has 0 radical (unpaired) electrons. The molecule has 2 nitrogen and oxygen atoms in total. The van der Waals surface area contributed by atoms with Crippen molar-refractivity contribution in [3.8, 4) is 0 Å². The van der Waals surface area contributed by atoms with Gasteiger partial charge in [0.05, 0.1) is 12.2 Å². The Kier molecular flexibility index (Phi) is 2.46. The van der Waals surface area contributed by atoms with Crippen LogP contribution in [0.2, 0.25) is 0 Å². The van der Waals surface area contributed by atoms with E-state index in [0.717, 1.165) is 24.8 Å². The lowest BCUT2D eigenvalue weighted by molar-refractivity contribution is 0.0651. The van der Waals surface area contributed by atoms with Gasteiger partial charge in [0.25, 0.3) is 0 Å². The molecule has 2 unspecified atom stereocenters. The molecule has 0 aromatic rings. The van der Waals surface area contributed by atoms with Gasteiger partial charge in [-0.25, -0.2) is 0 Å². The van der Waals surface area contributed by atoms with Crippen LogP contribution in [0.1, 0.15) is 19.3 Å². The van der Waals surface area contributed by atoms with Gasteiger partial charge in [0.2, 0.25) is 0 Å². The van der Waals surface area contributed by atoms with Crippen molar-refractivity contribution in [1.29, 1.82) is 0 Å². The summed E-state index contributed by atoms with van der Waals surface area (Å²) >= 11 is 0. The third-order valence-corrected chi connectivity index (χ3v) is 2.07. The summed E-state index contributed by atoms with van der Waals surface area (Å²) in [6.45, 7) is 3.77. The molecule has 1 rings (SSSR count). The van der Waals surface area contributed by atoms with Crippen molar-refractivity contribution in [3.63, 3.8) is 0 Å². The summed E-state index contributed by atoms with van der Waals surface area (Å²) in [4.78, 5) is 0. The zero-order chi connectivity index (χ0) is 7.56. The van der Waals surface area contributed by atoms with Gasteiger partial charge in [-0.05, 0) is 24.8 Å². The second kappa shape index (κ2) is 3.17. The average molecular weight is 142 g/mol. The van der Waals surface area contributed by atoms with E-state index in [9.17, 15) is 5.11 Å². The highest BCUT2D eigenvalue weighted by Gasteiger charge is 2.23. The SMILES string of the molecule is C=C1C(O)CCCC1OC. The second-order valence-electron chi connectivity index (χ2n) is 2.75. The van der Waals surface area contributed by atoms with Crippen molar-refractivity contribution in [2.45, 2.75) is 31.5 Å². The minimum atomic E-state index is -0.335. The van der Waals surface area contributed by atoms with Crippen LogP contribution in [0.25, 0.3) is 0 Å². The molecule has 1 saturated carbocycles. The van der Waals surface area contributed by atoms with E-state index in [1.54, 1.807) is 7.11 Å². The Bertz CT molecular complexity index is 131. The highest BCUT2D eigenvalue weighted by Crippen LogP contribution is 2.24. The van der Waals surface area contributed by atoms with Crippen LogP contribution in [-0.4, -0.2) is 24.4 Å². The first kappa shape index (κ1) is 7.76. The van der Waals surface area contributed by atoms with Crippen LogP contribution in [0.5, 0.6) is 0 Å². The summed E-state index contributed by atoms with van der Waals surface area (Å²) in [7, 11) is 1.66. The van der Waals surface area contributed by atoms with E-state index < -0.39 is 0 Å². The smallest absolute Gasteiger partial charge is 0.0803 e. The van der Waals surface area contributed by atoms with E-state index in [1.807, 2.05) is 0 Å². The Balaban J connectivity index is 2.51. The second-order valence-corrected chi connectivity index (χ2v) is 2.75. The van der Waals surface area contributed by atoms with Crippen molar-refractivity contribution in [2.75, 3.05) is 7.11 Å². The lowest BCUT2D eigenvalue weighted by Gasteiger charge is -2.27. The molecule has 58 valence electrons. The Labute approximate surface area is 61.5 Å². The van der Waals surface area contributed by atoms with Crippen LogP contribution in [0, 0.1) is 0 Å². The molecule has 0 heterocycles. The topological polar surface area (TPSA) is 29.5 Å². The van der Waals surface area contributed by atoms with Crippen molar-refractivity contribution in [3.05, 3.63) is 12.2 Å². The van der Waals surface area contributed by atoms with Gasteiger partial charge in [-0.3, -0.25) is 0 Å². The molecular formula is C8H14O2. The van der Waals surface area contributed by atoms with E-state index in [4.69, 9.17) is 4.74 Å². The van der Waals surface area contributed by atoms with Crippen LogP contribution in [0.4, 0.5) is 0 Å². The normalized spacial score (nSPS) is 34.4. The molecule has 0 bridgehead atoms. The van der Waals surface area contributed by atoms with Crippen molar-refractivity contribution in [2.24, 2.45) is 0 Å². The fourth-order valence-electron chi connectivity index (χ4n) is 1.35. The predicted molar refractivity (Wildman–Crippen MR) is 39.8 cm³/mol. The molecule has 2 heteroatoms. The first-order valence-corrected chi connectivity index (χ1v) is 3.65. The molecule has 0 aliphatic heterocycles. The van der Waals surface area contributed by atoms with E-state index >= 15 is 0 Å². The number of rotatable bonds is 1. The molecular weight excluding hydrogens is 128 g/mol. The molecule has 0 aromatic carbocycles. The Morgan fingerprint density at radius 1 is 1.60 bits per heavy atom. The third-order valence-electron chi connectivity index (χ3n) is 2.07. The van der Waals surface area contributed by atoms with Crippen LogP contribution in [0.15, 0.2) is 12.2 Å². The van der Waals surface area contributed by atoms with Gasteiger partial charge >= 0.3 is 0 Å². The van der Waals surface area contributed by atoms with Gasteiger partial charge in [-0.15, -0.1) is 0 Å². The first-order chi connectivity index (χ1) is 4.75. The summed E-state index contributed by atoms with van der Waals surface area (Å²) in [5.74, 6) is 0. The highest BCUT2D eigenvalue weighted by atomic mass is 16.5. The number of aliphatic hydroxyl groups excluding tert-OH is 1. The van der Waals surface area contributed by atoms with Gasteiger partial charge in [0, 0.05) is 7.11 Å². The predicted octanol–water partition coefficient (Wildman–Crippen LogP) is 1.10. The molecule has 0 amide bonds. The third kappa shape index (κ3) is 1.39. The molecule has 0 saturated heterocycles. The largest absolute Gasteiger partial charge is 0.389 e. The minimum absolute atomic E-state index is 0.0868. The standard InChI is InChI=1S/C8H14O2/c1-6-7(9)4-3-5-8(6)10-2/h7-9H,1,3-5H2,2H3. The summed E-state index contributed by atoms with van der Waals surface area (Å²) in [6, 6.07) is 0. The number of hydrogen-bond acceptors (Lipinski definition) is 2. The molecule has 1 aliphatic carbocycles. The lowest BCUT2D eigenvalue weighted by atomic mass is 9.91. The zero-order valence-corrected chi connectivity index (χ0v) is 6.34. The van der Waals surface area contributed by atoms with Crippen LogP contribution >= 0.6 is 0 Å². The van der Waals surface area contributed by atoms with E-state index in [2.05, 4.69) is 6.58 Å². The van der Waals surface area contributed by atoms with Gasteiger partial charge < -0.3 is 9.84 Å². The van der Waals surface area contributed by atoms with Gasteiger partial charge in [-0.2, -0.15) is 0 Å². The molecule has 10 heavy (non-hydrogen) atoms. The number of ether oxygens (including phenoxy) is 1. The summed E-state index contributed by atoms with van der Waals surface area (Å²) in [5.41, 5.74) is 0.841. The van der Waals surface area contributed by atoms with Crippen LogP contribution < -0.4 is 0 Å².